The van der Waals surface area contributed by atoms with E-state index in [0.29, 0.717) is 18.2 Å². The molecule has 27 heavy (non-hydrogen) atoms. The van der Waals surface area contributed by atoms with Crippen LogP contribution in [0.4, 0.5) is 5.82 Å². The summed E-state index contributed by atoms with van der Waals surface area (Å²) >= 11 is 0. The zero-order chi connectivity index (χ0) is 19.4. The third-order valence-electron chi connectivity index (χ3n) is 5.55. The molecule has 1 unspecified atom stereocenters. The number of aliphatic hydroxyl groups excluding tert-OH is 1. The molecule has 1 aliphatic heterocycles. The summed E-state index contributed by atoms with van der Waals surface area (Å²) in [5, 5.41) is 24.2. The fraction of sp³-hybridized carbons (Fsp3) is 0.650. The van der Waals surface area contributed by atoms with Crippen molar-refractivity contribution in [1.82, 2.24) is 15.6 Å². The Hall–Kier alpha value is -1.99. The van der Waals surface area contributed by atoms with E-state index in [-0.39, 0.29) is 17.8 Å². The van der Waals surface area contributed by atoms with E-state index in [2.05, 4.69) is 20.5 Å². The lowest BCUT2D eigenvalue weighted by Crippen LogP contribution is -2.55. The number of rotatable bonds is 4. The molecular formula is C20H31N5O2. The van der Waals surface area contributed by atoms with Crippen LogP contribution in [-0.2, 0) is 0 Å². The SMILES string of the molecule is CC(=N)NC(=O)c1cnc(N2CCC(NC3CCCCC3)[C@H](O)C2)c(C)c1. The smallest absolute Gasteiger partial charge is 0.258 e. The molecule has 7 heteroatoms. The molecule has 1 aromatic heterocycles. The maximum Gasteiger partial charge on any atom is 0.258 e. The lowest BCUT2D eigenvalue weighted by atomic mass is 9.92. The Morgan fingerprint density at radius 3 is 2.67 bits per heavy atom. The molecule has 0 spiro atoms. The van der Waals surface area contributed by atoms with Gasteiger partial charge in [-0.25, -0.2) is 4.98 Å². The van der Waals surface area contributed by atoms with Crippen LogP contribution in [0.15, 0.2) is 12.3 Å². The average Bonchev–Trinajstić information content (AvgIpc) is 2.63. The number of aromatic nitrogens is 1. The van der Waals surface area contributed by atoms with Crippen molar-refractivity contribution in [2.45, 2.75) is 70.6 Å². The van der Waals surface area contributed by atoms with Gasteiger partial charge in [-0.2, -0.15) is 0 Å². The predicted molar refractivity (Wildman–Crippen MR) is 106 cm³/mol. The molecule has 1 amide bonds. The molecule has 2 aliphatic rings. The lowest BCUT2D eigenvalue weighted by Gasteiger charge is -2.39. The van der Waals surface area contributed by atoms with Gasteiger partial charge in [-0.1, -0.05) is 19.3 Å². The molecule has 1 saturated heterocycles. The predicted octanol–water partition coefficient (Wildman–Crippen LogP) is 1.98. The van der Waals surface area contributed by atoms with Gasteiger partial charge in [0.15, 0.2) is 0 Å². The Morgan fingerprint density at radius 1 is 1.30 bits per heavy atom. The van der Waals surface area contributed by atoms with E-state index < -0.39 is 6.10 Å². The van der Waals surface area contributed by atoms with E-state index in [4.69, 9.17) is 5.41 Å². The average molecular weight is 374 g/mol. The minimum absolute atomic E-state index is 0.109. The molecule has 7 nitrogen and oxygen atoms in total. The summed E-state index contributed by atoms with van der Waals surface area (Å²) in [4.78, 5) is 18.6. The number of hydrogen-bond acceptors (Lipinski definition) is 6. The summed E-state index contributed by atoms with van der Waals surface area (Å²) < 4.78 is 0. The van der Waals surface area contributed by atoms with Gasteiger partial charge in [0.05, 0.1) is 17.5 Å². The van der Waals surface area contributed by atoms with E-state index in [9.17, 15) is 9.90 Å². The Labute approximate surface area is 161 Å². The normalized spacial score (nSPS) is 23.9. The highest BCUT2D eigenvalue weighted by Crippen LogP contribution is 2.24. The van der Waals surface area contributed by atoms with E-state index in [0.717, 1.165) is 24.3 Å². The third-order valence-corrected chi connectivity index (χ3v) is 5.55. The van der Waals surface area contributed by atoms with E-state index in [1.54, 1.807) is 12.3 Å². The number of β-amino-alcohol motifs (C(OH)–C–C–N with tert-alkyl or cyclic N) is 1. The molecule has 0 bridgehead atoms. The summed E-state index contributed by atoms with van der Waals surface area (Å²) in [5.74, 6) is 0.603. The second kappa shape index (κ2) is 8.80. The monoisotopic (exact) mass is 373 g/mol. The molecule has 1 aliphatic carbocycles. The van der Waals surface area contributed by atoms with Gasteiger partial charge in [0, 0.05) is 31.4 Å². The van der Waals surface area contributed by atoms with Crippen molar-refractivity contribution in [3.63, 3.8) is 0 Å². The van der Waals surface area contributed by atoms with Crippen molar-refractivity contribution >= 4 is 17.6 Å². The topological polar surface area (TPSA) is 101 Å². The maximum atomic E-state index is 12.0. The first-order valence-corrected chi connectivity index (χ1v) is 9.96. The molecule has 4 N–H and O–H groups in total. The highest BCUT2D eigenvalue weighted by Gasteiger charge is 2.30. The van der Waals surface area contributed by atoms with Crippen LogP contribution in [0.25, 0.3) is 0 Å². The molecule has 1 saturated carbocycles. The molecule has 3 rings (SSSR count). The van der Waals surface area contributed by atoms with Gasteiger partial charge in [0.1, 0.15) is 5.82 Å². The number of nitrogens with one attached hydrogen (secondary N) is 3. The van der Waals surface area contributed by atoms with Crippen LogP contribution in [0.5, 0.6) is 0 Å². The number of anilines is 1. The number of aryl methyl sites for hydroxylation is 1. The largest absolute Gasteiger partial charge is 0.390 e. The van der Waals surface area contributed by atoms with Gasteiger partial charge < -0.3 is 20.6 Å². The quantitative estimate of drug-likeness (QED) is 0.478. The maximum absolute atomic E-state index is 12.0. The van der Waals surface area contributed by atoms with Crippen molar-refractivity contribution < 1.29 is 9.90 Å². The fourth-order valence-electron chi connectivity index (χ4n) is 4.16. The third kappa shape index (κ3) is 5.05. The number of hydrogen-bond donors (Lipinski definition) is 4. The molecule has 2 fully saturated rings. The Kier molecular flexibility index (Phi) is 6.44. The van der Waals surface area contributed by atoms with E-state index in [1.807, 2.05) is 6.92 Å². The zero-order valence-corrected chi connectivity index (χ0v) is 16.3. The van der Waals surface area contributed by atoms with Crippen LogP contribution in [0.2, 0.25) is 0 Å². The first-order chi connectivity index (χ1) is 12.9. The highest BCUT2D eigenvalue weighted by atomic mass is 16.3. The fourth-order valence-corrected chi connectivity index (χ4v) is 4.16. The van der Waals surface area contributed by atoms with Crippen LogP contribution < -0.4 is 15.5 Å². The van der Waals surface area contributed by atoms with Gasteiger partial charge in [-0.05, 0) is 44.7 Å². The number of amidine groups is 1. The number of carbonyl (C=O) groups is 1. The molecular weight excluding hydrogens is 342 g/mol. The molecule has 2 heterocycles. The van der Waals surface area contributed by atoms with Crippen LogP contribution in [0, 0.1) is 12.3 Å². The second-order valence-corrected chi connectivity index (χ2v) is 7.85. The highest BCUT2D eigenvalue weighted by molar-refractivity contribution is 6.04. The summed E-state index contributed by atoms with van der Waals surface area (Å²) in [6, 6.07) is 2.48. The van der Waals surface area contributed by atoms with Crippen LogP contribution >= 0.6 is 0 Å². The number of nitrogens with zero attached hydrogens (tertiary/aromatic N) is 2. The number of carbonyl (C=O) groups excluding carboxylic acids is 1. The Morgan fingerprint density at radius 2 is 2.04 bits per heavy atom. The lowest BCUT2D eigenvalue weighted by molar-refractivity contribution is 0.0975. The van der Waals surface area contributed by atoms with Crippen LogP contribution in [0.3, 0.4) is 0 Å². The van der Waals surface area contributed by atoms with Crippen molar-refractivity contribution in [2.24, 2.45) is 0 Å². The number of piperidine rings is 1. The molecule has 148 valence electrons. The number of amides is 1. The molecule has 0 radical (unpaired) electrons. The second-order valence-electron chi connectivity index (χ2n) is 7.85. The van der Waals surface area contributed by atoms with Gasteiger partial charge in [-0.15, -0.1) is 0 Å². The van der Waals surface area contributed by atoms with Crippen molar-refractivity contribution in [1.29, 1.82) is 5.41 Å². The minimum Gasteiger partial charge on any atom is -0.390 e. The Bertz CT molecular complexity index is 687. The van der Waals surface area contributed by atoms with Crippen molar-refractivity contribution in [3.8, 4) is 0 Å². The minimum atomic E-state index is -0.426. The molecule has 1 aromatic rings. The van der Waals surface area contributed by atoms with Crippen molar-refractivity contribution in [2.75, 3.05) is 18.0 Å². The van der Waals surface area contributed by atoms with E-state index in [1.165, 1.54) is 39.0 Å². The van der Waals surface area contributed by atoms with Gasteiger partial charge in [-0.3, -0.25) is 10.2 Å². The summed E-state index contributed by atoms with van der Waals surface area (Å²) in [6.45, 7) is 4.83. The molecule has 2 atom stereocenters. The first-order valence-electron chi connectivity index (χ1n) is 9.96. The Balaban J connectivity index is 1.61. The van der Waals surface area contributed by atoms with Gasteiger partial charge in [0.2, 0.25) is 0 Å². The summed E-state index contributed by atoms with van der Waals surface area (Å²) in [7, 11) is 0. The number of aliphatic hydroxyl groups is 1. The molecule has 0 aromatic carbocycles. The van der Waals surface area contributed by atoms with E-state index >= 15 is 0 Å². The summed E-state index contributed by atoms with van der Waals surface area (Å²) in [6.07, 6.45) is 8.33. The zero-order valence-electron chi connectivity index (χ0n) is 16.3. The van der Waals surface area contributed by atoms with Gasteiger partial charge in [0.25, 0.3) is 5.91 Å². The number of pyridine rings is 1. The van der Waals surface area contributed by atoms with Crippen LogP contribution in [-0.4, -0.2) is 53.1 Å². The standard InChI is InChI=1S/C20H31N5O2/c1-13-10-15(20(27)23-14(2)21)11-22-19(13)25-9-8-17(18(26)12-25)24-16-6-4-3-5-7-16/h10-11,16-18,24,26H,3-9,12H2,1-2H3,(H2,21,23,27)/t17?,18-/m1/s1. The summed E-state index contributed by atoms with van der Waals surface area (Å²) in [5.41, 5.74) is 1.34. The first kappa shape index (κ1) is 19.8. The van der Waals surface area contributed by atoms with Gasteiger partial charge >= 0.3 is 0 Å². The van der Waals surface area contributed by atoms with Crippen LogP contribution in [0.1, 0.15) is 61.4 Å². The van der Waals surface area contributed by atoms with Crippen molar-refractivity contribution in [3.05, 3.63) is 23.4 Å².